The highest BCUT2D eigenvalue weighted by Crippen LogP contribution is 2.34. The number of rotatable bonds is 9. The van der Waals surface area contributed by atoms with E-state index >= 15 is 0 Å². The number of methoxy groups -OCH3 is 1. The Balaban J connectivity index is 2.00. The van der Waals surface area contributed by atoms with Gasteiger partial charge in [-0.3, -0.25) is 9.35 Å². The van der Waals surface area contributed by atoms with Gasteiger partial charge in [-0.15, -0.1) is 0 Å². The van der Waals surface area contributed by atoms with Crippen molar-refractivity contribution in [1.82, 2.24) is 5.32 Å². The van der Waals surface area contributed by atoms with Gasteiger partial charge in [0.15, 0.2) is 18.9 Å². The molecular formula is C20H35NO17S. The van der Waals surface area contributed by atoms with E-state index < -0.39 is 121 Å². The van der Waals surface area contributed by atoms with Gasteiger partial charge in [-0.25, -0.2) is 0 Å². The van der Waals surface area contributed by atoms with Crippen molar-refractivity contribution >= 4 is 16.0 Å². The molecule has 228 valence electrons. The lowest BCUT2D eigenvalue weighted by atomic mass is 9.95. The standard InChI is InChI=1S/C20H35NO17S/c1-6(24)21-10-16(38-20-14(29)17(39(30,31)32)12(27)8(3-22)35-20)15(9(4-23)36-18(10)33-2)37-19-13(28)11(26)7(25)5-34-19/h7-20,22-23,25-29H,3-5H2,1-2H3,(H,21,24)(H,30,31,32)/t7-,8-,9-,10-,11-,12+,13+,14-,15-,16-,17+,18-,19+,20+/m1/s1. The molecule has 0 spiro atoms. The lowest BCUT2D eigenvalue weighted by molar-refractivity contribution is -0.360. The average Bonchev–Trinajstić information content (AvgIpc) is 2.86. The normalized spacial score (nSPS) is 45.6. The van der Waals surface area contributed by atoms with Gasteiger partial charge in [-0.05, 0) is 0 Å². The molecule has 1 amide bonds. The Kier molecular flexibility index (Phi) is 11.0. The molecule has 18 nitrogen and oxygen atoms in total. The summed E-state index contributed by atoms with van der Waals surface area (Å²) in [5.41, 5.74) is 0. The SMILES string of the molecule is CO[C@@H]1O[C@H](CO)[C@@H](O[C@@H]2OC[C@@H](O)[C@@H](O)[C@@H]2O)[C@H](O[C@@H]2O[C@H](CO)[C@H](O)[C@H](S(=O)(=O)O)[C@H]2O)[C@H]1NC(C)=O. The first-order valence-electron chi connectivity index (χ1n) is 11.9. The van der Waals surface area contributed by atoms with Crippen LogP contribution in [0, 0.1) is 0 Å². The average molecular weight is 594 g/mol. The molecule has 9 N–H and O–H groups in total. The molecule has 0 aliphatic carbocycles. The molecule has 0 aromatic heterocycles. The van der Waals surface area contributed by atoms with Crippen molar-refractivity contribution in [3.63, 3.8) is 0 Å². The van der Waals surface area contributed by atoms with Gasteiger partial charge in [0, 0.05) is 14.0 Å². The largest absolute Gasteiger partial charge is 0.394 e. The third kappa shape index (κ3) is 7.02. The Bertz CT molecular complexity index is 924. The van der Waals surface area contributed by atoms with Crippen molar-refractivity contribution in [2.75, 3.05) is 26.9 Å². The quantitative estimate of drug-likeness (QED) is 0.112. The number of amides is 1. The van der Waals surface area contributed by atoms with Gasteiger partial charge in [-0.1, -0.05) is 0 Å². The van der Waals surface area contributed by atoms with Crippen LogP contribution >= 0.6 is 0 Å². The molecule has 0 bridgehead atoms. The smallest absolute Gasteiger partial charge is 0.273 e. The predicted molar refractivity (Wildman–Crippen MR) is 121 cm³/mol. The van der Waals surface area contributed by atoms with Gasteiger partial charge in [0.05, 0.1) is 19.8 Å². The van der Waals surface area contributed by atoms with Crippen LogP contribution in [-0.2, 0) is 43.3 Å². The number of aliphatic hydroxyl groups excluding tert-OH is 7. The molecule has 3 saturated heterocycles. The van der Waals surface area contributed by atoms with E-state index in [0.717, 1.165) is 6.92 Å². The highest BCUT2D eigenvalue weighted by atomic mass is 32.2. The van der Waals surface area contributed by atoms with Crippen LogP contribution in [0.2, 0.25) is 0 Å². The molecule has 14 atom stereocenters. The van der Waals surface area contributed by atoms with Gasteiger partial charge < -0.3 is 69.5 Å². The van der Waals surface area contributed by atoms with E-state index in [-0.39, 0.29) is 0 Å². The summed E-state index contributed by atoms with van der Waals surface area (Å²) in [5, 5.41) is 70.9. The minimum absolute atomic E-state index is 0.460. The summed E-state index contributed by atoms with van der Waals surface area (Å²) in [5.74, 6) is -0.641. The summed E-state index contributed by atoms with van der Waals surface area (Å²) in [6.07, 6.45) is -20.3. The summed E-state index contributed by atoms with van der Waals surface area (Å²) in [6.45, 7) is -1.06. The fraction of sp³-hybridized carbons (Fsp3) is 0.950. The fourth-order valence-electron chi connectivity index (χ4n) is 4.69. The summed E-state index contributed by atoms with van der Waals surface area (Å²) in [7, 11) is -3.93. The van der Waals surface area contributed by atoms with Gasteiger partial charge in [-0.2, -0.15) is 8.42 Å². The van der Waals surface area contributed by atoms with Crippen LogP contribution in [0.1, 0.15) is 6.92 Å². The lowest BCUT2D eigenvalue weighted by Gasteiger charge is -2.49. The highest BCUT2D eigenvalue weighted by Gasteiger charge is 2.56. The second-order valence-corrected chi connectivity index (χ2v) is 10.9. The number of ether oxygens (including phenoxy) is 6. The van der Waals surface area contributed by atoms with Crippen LogP contribution in [0.15, 0.2) is 0 Å². The Hall–Kier alpha value is -1.14. The molecular weight excluding hydrogens is 558 g/mol. The Labute approximate surface area is 222 Å². The molecule has 3 fully saturated rings. The Morgan fingerprint density at radius 3 is 2.00 bits per heavy atom. The summed E-state index contributed by atoms with van der Waals surface area (Å²) in [4.78, 5) is 12.0. The van der Waals surface area contributed by atoms with Gasteiger partial charge in [0.1, 0.15) is 66.2 Å². The second-order valence-electron chi connectivity index (χ2n) is 9.33. The zero-order chi connectivity index (χ0) is 29.2. The van der Waals surface area contributed by atoms with Crippen LogP contribution in [-0.4, -0.2) is 167 Å². The molecule has 19 heteroatoms. The number of hydrogen-bond donors (Lipinski definition) is 9. The molecule has 0 saturated carbocycles. The minimum Gasteiger partial charge on any atom is -0.394 e. The molecule has 3 aliphatic heterocycles. The maximum absolute atomic E-state index is 12.0. The first kappa shape index (κ1) is 32.4. The lowest BCUT2D eigenvalue weighted by Crippen LogP contribution is -2.69. The maximum Gasteiger partial charge on any atom is 0.273 e. The number of carbonyl (C=O) groups is 1. The number of carbonyl (C=O) groups excluding carboxylic acids is 1. The highest BCUT2D eigenvalue weighted by molar-refractivity contribution is 7.86. The first-order valence-corrected chi connectivity index (χ1v) is 13.4. The first-order chi connectivity index (χ1) is 18.2. The van der Waals surface area contributed by atoms with Gasteiger partial charge in [0.25, 0.3) is 10.1 Å². The molecule has 0 aromatic rings. The van der Waals surface area contributed by atoms with Crippen molar-refractivity contribution in [2.45, 2.75) is 92.0 Å². The Morgan fingerprint density at radius 1 is 0.872 bits per heavy atom. The molecule has 0 radical (unpaired) electrons. The Morgan fingerprint density at radius 2 is 1.46 bits per heavy atom. The van der Waals surface area contributed by atoms with Crippen molar-refractivity contribution in [3.8, 4) is 0 Å². The van der Waals surface area contributed by atoms with Gasteiger partial charge in [0.2, 0.25) is 5.91 Å². The molecule has 3 heterocycles. The van der Waals surface area contributed by atoms with E-state index in [9.17, 15) is 53.5 Å². The monoisotopic (exact) mass is 593 g/mol. The molecule has 3 rings (SSSR count). The van der Waals surface area contributed by atoms with E-state index in [1.807, 2.05) is 0 Å². The van der Waals surface area contributed by atoms with E-state index in [2.05, 4.69) is 5.32 Å². The van der Waals surface area contributed by atoms with Crippen molar-refractivity contribution < 1.29 is 81.9 Å². The minimum atomic E-state index is -5.13. The van der Waals surface area contributed by atoms with E-state index in [1.165, 1.54) is 7.11 Å². The molecule has 3 aliphatic rings. The van der Waals surface area contributed by atoms with Gasteiger partial charge >= 0.3 is 0 Å². The number of aliphatic hydroxyl groups is 7. The van der Waals surface area contributed by atoms with Crippen LogP contribution in [0.25, 0.3) is 0 Å². The zero-order valence-electron chi connectivity index (χ0n) is 20.9. The maximum atomic E-state index is 12.0. The third-order valence-corrected chi connectivity index (χ3v) is 7.88. The predicted octanol–water partition coefficient (Wildman–Crippen LogP) is -6.24. The third-order valence-electron chi connectivity index (χ3n) is 6.63. The van der Waals surface area contributed by atoms with Crippen LogP contribution in [0.5, 0.6) is 0 Å². The van der Waals surface area contributed by atoms with Crippen molar-refractivity contribution in [2.24, 2.45) is 0 Å². The van der Waals surface area contributed by atoms with Crippen molar-refractivity contribution in [1.29, 1.82) is 0 Å². The van der Waals surface area contributed by atoms with Crippen LogP contribution in [0.4, 0.5) is 0 Å². The van der Waals surface area contributed by atoms with E-state index in [1.54, 1.807) is 0 Å². The van der Waals surface area contributed by atoms with Crippen LogP contribution in [0.3, 0.4) is 0 Å². The summed E-state index contributed by atoms with van der Waals surface area (Å²) in [6, 6.07) is -1.32. The van der Waals surface area contributed by atoms with E-state index in [0.29, 0.717) is 0 Å². The molecule has 39 heavy (non-hydrogen) atoms. The number of nitrogens with one attached hydrogen (secondary N) is 1. The molecule has 0 unspecified atom stereocenters. The fourth-order valence-corrected chi connectivity index (χ4v) is 5.70. The van der Waals surface area contributed by atoms with Crippen molar-refractivity contribution in [3.05, 3.63) is 0 Å². The topological polar surface area (TPSA) is 280 Å². The summed E-state index contributed by atoms with van der Waals surface area (Å²) < 4.78 is 66.6. The summed E-state index contributed by atoms with van der Waals surface area (Å²) >= 11 is 0. The second kappa shape index (κ2) is 13.2. The number of hydrogen-bond acceptors (Lipinski definition) is 16. The molecule has 0 aromatic carbocycles. The zero-order valence-corrected chi connectivity index (χ0v) is 21.7. The van der Waals surface area contributed by atoms with Crippen LogP contribution < -0.4 is 5.32 Å². The van der Waals surface area contributed by atoms with E-state index in [4.69, 9.17) is 28.4 Å².